The molecule has 0 bridgehead atoms. The lowest BCUT2D eigenvalue weighted by Gasteiger charge is -2.21. The van der Waals surface area contributed by atoms with Crippen molar-refractivity contribution in [1.82, 2.24) is 0 Å². The SMILES string of the molecule is CCCCC(CC)COc1cc(CC(C)N)c(OC)cc1CC(C)N. The summed E-state index contributed by atoms with van der Waals surface area (Å²) in [5.74, 6) is 2.41. The van der Waals surface area contributed by atoms with Gasteiger partial charge in [0.2, 0.25) is 0 Å². The third-order valence-electron chi connectivity index (χ3n) is 4.57. The van der Waals surface area contributed by atoms with Gasteiger partial charge in [-0.25, -0.2) is 0 Å². The Labute approximate surface area is 154 Å². The molecule has 0 aliphatic rings. The van der Waals surface area contributed by atoms with Crippen LogP contribution >= 0.6 is 0 Å². The Balaban J connectivity index is 3.02. The molecule has 4 heteroatoms. The molecule has 3 unspecified atom stereocenters. The van der Waals surface area contributed by atoms with Gasteiger partial charge in [0.1, 0.15) is 11.5 Å². The average molecular weight is 351 g/mol. The Kier molecular flexibility index (Phi) is 9.91. The minimum absolute atomic E-state index is 0.0772. The quantitative estimate of drug-likeness (QED) is 0.596. The number of nitrogens with two attached hydrogens (primary N) is 2. The Hall–Kier alpha value is -1.26. The van der Waals surface area contributed by atoms with Crippen molar-refractivity contribution >= 4 is 0 Å². The maximum absolute atomic E-state index is 6.26. The lowest BCUT2D eigenvalue weighted by atomic mass is 9.98. The van der Waals surface area contributed by atoms with Crippen LogP contribution in [0.4, 0.5) is 0 Å². The van der Waals surface area contributed by atoms with Gasteiger partial charge in [0.25, 0.3) is 0 Å². The van der Waals surface area contributed by atoms with Crippen molar-refractivity contribution < 1.29 is 9.47 Å². The van der Waals surface area contributed by atoms with E-state index in [9.17, 15) is 0 Å². The topological polar surface area (TPSA) is 70.5 Å². The third kappa shape index (κ3) is 7.66. The zero-order valence-electron chi connectivity index (χ0n) is 16.8. The summed E-state index contributed by atoms with van der Waals surface area (Å²) < 4.78 is 11.8. The van der Waals surface area contributed by atoms with Crippen LogP contribution in [0.5, 0.6) is 11.5 Å². The van der Waals surface area contributed by atoms with Gasteiger partial charge in [-0.3, -0.25) is 0 Å². The van der Waals surface area contributed by atoms with Crippen molar-refractivity contribution in [2.24, 2.45) is 17.4 Å². The molecule has 0 spiro atoms. The summed E-state index contributed by atoms with van der Waals surface area (Å²) in [6.07, 6.45) is 6.39. The van der Waals surface area contributed by atoms with Crippen LogP contribution in [0.2, 0.25) is 0 Å². The normalized spacial score (nSPS) is 14.8. The Bertz CT molecular complexity index is 501. The molecule has 0 aliphatic carbocycles. The van der Waals surface area contributed by atoms with Crippen molar-refractivity contribution in [3.63, 3.8) is 0 Å². The van der Waals surface area contributed by atoms with Crippen LogP contribution in [0, 0.1) is 5.92 Å². The predicted molar refractivity (Wildman–Crippen MR) is 107 cm³/mol. The fraction of sp³-hybridized carbons (Fsp3) is 0.714. The van der Waals surface area contributed by atoms with Crippen molar-refractivity contribution in [2.75, 3.05) is 13.7 Å². The fourth-order valence-electron chi connectivity index (χ4n) is 3.09. The minimum Gasteiger partial charge on any atom is -0.496 e. The van der Waals surface area contributed by atoms with E-state index in [0.717, 1.165) is 48.5 Å². The first-order chi connectivity index (χ1) is 11.9. The maximum Gasteiger partial charge on any atom is 0.123 e. The molecule has 4 nitrogen and oxygen atoms in total. The molecular formula is C21H38N2O2. The molecule has 0 fully saturated rings. The van der Waals surface area contributed by atoms with Gasteiger partial charge in [0, 0.05) is 12.1 Å². The van der Waals surface area contributed by atoms with E-state index in [0.29, 0.717) is 5.92 Å². The molecule has 0 heterocycles. The molecule has 1 aromatic carbocycles. The first-order valence-corrected chi connectivity index (χ1v) is 9.74. The summed E-state index contributed by atoms with van der Waals surface area (Å²) in [5, 5.41) is 0. The molecule has 0 amide bonds. The molecule has 0 aromatic heterocycles. The van der Waals surface area contributed by atoms with Crippen LogP contribution in [0.3, 0.4) is 0 Å². The largest absolute Gasteiger partial charge is 0.496 e. The van der Waals surface area contributed by atoms with Crippen LogP contribution in [0.1, 0.15) is 64.5 Å². The minimum atomic E-state index is 0.0772. The highest BCUT2D eigenvalue weighted by Crippen LogP contribution is 2.31. The maximum atomic E-state index is 6.26. The number of rotatable bonds is 12. The van der Waals surface area contributed by atoms with Crippen molar-refractivity contribution in [2.45, 2.75) is 78.3 Å². The van der Waals surface area contributed by atoms with Gasteiger partial charge in [0.15, 0.2) is 0 Å². The van der Waals surface area contributed by atoms with E-state index in [4.69, 9.17) is 20.9 Å². The highest BCUT2D eigenvalue weighted by Gasteiger charge is 2.16. The standard InChI is InChI=1S/C21H38N2O2/c1-6-8-9-17(7-2)14-25-21-13-18(10-15(3)22)20(24-5)12-19(21)11-16(4)23/h12-13,15-17H,6-11,14,22-23H2,1-5H3. The third-order valence-corrected chi connectivity index (χ3v) is 4.57. The lowest BCUT2D eigenvalue weighted by molar-refractivity contribution is 0.230. The number of benzene rings is 1. The zero-order valence-corrected chi connectivity index (χ0v) is 16.8. The molecule has 144 valence electrons. The van der Waals surface area contributed by atoms with E-state index in [1.807, 2.05) is 13.8 Å². The molecule has 25 heavy (non-hydrogen) atoms. The second-order valence-corrected chi connectivity index (χ2v) is 7.36. The van der Waals surface area contributed by atoms with Crippen LogP contribution in [0.15, 0.2) is 12.1 Å². The number of unbranched alkanes of at least 4 members (excludes halogenated alkanes) is 1. The summed E-state index contributed by atoms with van der Waals surface area (Å²) >= 11 is 0. The van der Waals surface area contributed by atoms with Crippen LogP contribution in [-0.4, -0.2) is 25.8 Å². The number of ether oxygens (including phenoxy) is 2. The number of hydrogen-bond donors (Lipinski definition) is 2. The highest BCUT2D eigenvalue weighted by molar-refractivity contribution is 5.47. The smallest absolute Gasteiger partial charge is 0.123 e. The van der Waals surface area contributed by atoms with Crippen molar-refractivity contribution in [3.8, 4) is 11.5 Å². The summed E-state index contributed by atoms with van der Waals surface area (Å²) in [5.41, 5.74) is 14.3. The molecule has 0 aliphatic heterocycles. The van der Waals surface area contributed by atoms with E-state index >= 15 is 0 Å². The van der Waals surface area contributed by atoms with Crippen LogP contribution in [-0.2, 0) is 12.8 Å². The van der Waals surface area contributed by atoms with Crippen LogP contribution in [0.25, 0.3) is 0 Å². The Morgan fingerprint density at radius 2 is 1.52 bits per heavy atom. The van der Waals surface area contributed by atoms with Crippen molar-refractivity contribution in [3.05, 3.63) is 23.3 Å². The Morgan fingerprint density at radius 3 is 2.00 bits per heavy atom. The molecule has 3 atom stereocenters. The van der Waals surface area contributed by atoms with E-state index < -0.39 is 0 Å². The molecular weight excluding hydrogens is 312 g/mol. The molecule has 0 radical (unpaired) electrons. The van der Waals surface area contributed by atoms with Gasteiger partial charge in [-0.15, -0.1) is 0 Å². The molecule has 0 saturated carbocycles. The molecule has 1 aromatic rings. The lowest BCUT2D eigenvalue weighted by Crippen LogP contribution is -2.21. The summed E-state index contributed by atoms with van der Waals surface area (Å²) in [7, 11) is 1.70. The molecule has 4 N–H and O–H groups in total. The summed E-state index contributed by atoms with van der Waals surface area (Å²) in [6.45, 7) is 9.25. The van der Waals surface area contributed by atoms with Gasteiger partial charge in [-0.2, -0.15) is 0 Å². The van der Waals surface area contributed by atoms with E-state index in [1.165, 1.54) is 19.3 Å². The molecule has 0 saturated heterocycles. The Morgan fingerprint density at radius 1 is 0.960 bits per heavy atom. The molecule has 1 rings (SSSR count). The summed E-state index contributed by atoms with van der Waals surface area (Å²) in [4.78, 5) is 0. The highest BCUT2D eigenvalue weighted by atomic mass is 16.5. The van der Waals surface area contributed by atoms with E-state index in [-0.39, 0.29) is 12.1 Å². The number of methoxy groups -OCH3 is 1. The predicted octanol–water partition coefficient (Wildman–Crippen LogP) is 4.07. The zero-order chi connectivity index (χ0) is 18.8. The second kappa shape index (κ2) is 11.4. The van der Waals surface area contributed by atoms with Gasteiger partial charge < -0.3 is 20.9 Å². The second-order valence-electron chi connectivity index (χ2n) is 7.36. The summed E-state index contributed by atoms with van der Waals surface area (Å²) in [6, 6.07) is 4.33. The van der Waals surface area contributed by atoms with Gasteiger partial charge in [-0.1, -0.05) is 33.1 Å². The van der Waals surface area contributed by atoms with E-state index in [2.05, 4.69) is 26.0 Å². The fourth-order valence-corrected chi connectivity index (χ4v) is 3.09. The van der Waals surface area contributed by atoms with Gasteiger partial charge in [-0.05, 0) is 62.3 Å². The van der Waals surface area contributed by atoms with Gasteiger partial charge in [0.05, 0.1) is 13.7 Å². The first kappa shape index (κ1) is 21.8. The van der Waals surface area contributed by atoms with Crippen molar-refractivity contribution in [1.29, 1.82) is 0 Å². The number of hydrogen-bond acceptors (Lipinski definition) is 4. The average Bonchev–Trinajstić information content (AvgIpc) is 2.55. The van der Waals surface area contributed by atoms with E-state index in [1.54, 1.807) is 7.11 Å². The van der Waals surface area contributed by atoms with Gasteiger partial charge >= 0.3 is 0 Å². The monoisotopic (exact) mass is 350 g/mol. The first-order valence-electron chi connectivity index (χ1n) is 9.74. The van der Waals surface area contributed by atoms with Crippen LogP contribution < -0.4 is 20.9 Å².